The van der Waals surface area contributed by atoms with E-state index in [1.807, 2.05) is 6.92 Å². The van der Waals surface area contributed by atoms with Gasteiger partial charge in [0.25, 0.3) is 0 Å². The average molecular weight is 259 g/mol. The van der Waals surface area contributed by atoms with E-state index in [2.05, 4.69) is 28.4 Å². The van der Waals surface area contributed by atoms with Gasteiger partial charge in [0.05, 0.1) is 5.41 Å². The Morgan fingerprint density at radius 2 is 2.32 bits per heavy atom. The third-order valence-electron chi connectivity index (χ3n) is 4.46. The van der Waals surface area contributed by atoms with Gasteiger partial charge in [0.1, 0.15) is 0 Å². The van der Waals surface area contributed by atoms with Crippen molar-refractivity contribution in [3.63, 3.8) is 0 Å². The van der Waals surface area contributed by atoms with Gasteiger partial charge in [-0.05, 0) is 49.9 Å². The number of nitrogens with two attached hydrogens (primary N) is 1. The predicted molar refractivity (Wildman–Crippen MR) is 77.4 cm³/mol. The number of carbonyl (C=O) groups is 1. The lowest BCUT2D eigenvalue weighted by Crippen LogP contribution is -2.37. The second-order valence-electron chi connectivity index (χ2n) is 5.97. The Morgan fingerprint density at radius 3 is 3.05 bits per heavy atom. The third-order valence-corrected chi connectivity index (χ3v) is 4.46. The highest BCUT2D eigenvalue weighted by Crippen LogP contribution is 2.35. The van der Waals surface area contributed by atoms with Gasteiger partial charge >= 0.3 is 0 Å². The zero-order valence-electron chi connectivity index (χ0n) is 11.4. The number of hydrogen-bond acceptors (Lipinski definition) is 3. The van der Waals surface area contributed by atoms with E-state index in [0.717, 1.165) is 32.5 Å². The maximum absolute atomic E-state index is 11.5. The molecule has 2 aliphatic heterocycles. The van der Waals surface area contributed by atoms with E-state index < -0.39 is 0 Å². The fourth-order valence-corrected chi connectivity index (χ4v) is 3.04. The molecule has 102 valence electrons. The lowest BCUT2D eigenvalue weighted by Gasteiger charge is -2.25. The van der Waals surface area contributed by atoms with Crippen molar-refractivity contribution in [1.82, 2.24) is 0 Å². The molecule has 0 bridgehead atoms. The smallest absolute Gasteiger partial charge is 0.225 e. The molecule has 19 heavy (non-hydrogen) atoms. The van der Waals surface area contributed by atoms with Gasteiger partial charge in [-0.3, -0.25) is 4.79 Å². The molecular weight excluding hydrogens is 238 g/mol. The van der Waals surface area contributed by atoms with Crippen molar-refractivity contribution in [2.24, 2.45) is 11.1 Å². The Bertz CT molecular complexity index is 514. The summed E-state index contributed by atoms with van der Waals surface area (Å²) in [5.41, 5.74) is 8.98. The third kappa shape index (κ3) is 2.15. The van der Waals surface area contributed by atoms with Crippen LogP contribution in [0.2, 0.25) is 0 Å². The minimum Gasteiger partial charge on any atom is -0.385 e. The number of carbonyl (C=O) groups excluding carboxylic acids is 1. The van der Waals surface area contributed by atoms with Gasteiger partial charge in [0.15, 0.2) is 0 Å². The van der Waals surface area contributed by atoms with Gasteiger partial charge in [0.2, 0.25) is 5.91 Å². The molecule has 0 spiro atoms. The van der Waals surface area contributed by atoms with Gasteiger partial charge in [-0.25, -0.2) is 0 Å². The van der Waals surface area contributed by atoms with Crippen molar-refractivity contribution in [1.29, 1.82) is 0 Å². The van der Waals surface area contributed by atoms with E-state index in [4.69, 9.17) is 5.73 Å². The number of anilines is 2. The summed E-state index contributed by atoms with van der Waals surface area (Å²) in [7, 11) is 0. The van der Waals surface area contributed by atoms with Crippen LogP contribution in [0.5, 0.6) is 0 Å². The molecule has 1 aromatic carbocycles. The van der Waals surface area contributed by atoms with Gasteiger partial charge in [-0.1, -0.05) is 0 Å². The lowest BCUT2D eigenvalue weighted by atomic mass is 9.89. The molecule has 4 heteroatoms. The Labute approximate surface area is 114 Å². The minimum atomic E-state index is -0.381. The molecule has 1 amide bonds. The summed E-state index contributed by atoms with van der Waals surface area (Å²) in [6.45, 7) is 4.67. The minimum absolute atomic E-state index is 0.186. The molecule has 1 fully saturated rings. The summed E-state index contributed by atoms with van der Waals surface area (Å²) >= 11 is 0. The first-order chi connectivity index (χ1) is 9.08. The molecule has 0 aliphatic carbocycles. The summed E-state index contributed by atoms with van der Waals surface area (Å²) in [4.78, 5) is 13.8. The Hall–Kier alpha value is -1.71. The number of benzene rings is 1. The number of fused-ring (bicyclic) bond motifs is 1. The molecular formula is C15H21N3O. The van der Waals surface area contributed by atoms with Crippen molar-refractivity contribution in [3.05, 3.63) is 23.8 Å². The number of nitrogens with one attached hydrogen (secondary N) is 1. The molecule has 2 aliphatic rings. The lowest BCUT2D eigenvalue weighted by molar-refractivity contribution is -0.125. The molecule has 0 aromatic heterocycles. The van der Waals surface area contributed by atoms with Crippen LogP contribution in [-0.4, -0.2) is 25.5 Å². The van der Waals surface area contributed by atoms with Gasteiger partial charge in [0, 0.05) is 31.0 Å². The Balaban J connectivity index is 1.82. The summed E-state index contributed by atoms with van der Waals surface area (Å²) in [5.74, 6) is -0.186. The van der Waals surface area contributed by atoms with E-state index in [0.29, 0.717) is 0 Å². The molecule has 4 nitrogen and oxygen atoms in total. The number of aryl methyl sites for hydroxylation is 1. The molecule has 1 atom stereocenters. The monoisotopic (exact) mass is 259 g/mol. The highest BCUT2D eigenvalue weighted by atomic mass is 16.1. The molecule has 3 N–H and O–H groups in total. The number of nitrogens with zero attached hydrogens (tertiary/aromatic N) is 1. The summed E-state index contributed by atoms with van der Waals surface area (Å²) in [6.07, 6.45) is 3.17. The van der Waals surface area contributed by atoms with Crippen molar-refractivity contribution in [3.8, 4) is 0 Å². The van der Waals surface area contributed by atoms with E-state index >= 15 is 0 Å². The maximum atomic E-state index is 11.5. The van der Waals surface area contributed by atoms with Crippen LogP contribution in [0.3, 0.4) is 0 Å². The maximum Gasteiger partial charge on any atom is 0.225 e. The highest BCUT2D eigenvalue weighted by molar-refractivity contribution is 5.82. The highest BCUT2D eigenvalue weighted by Gasteiger charge is 2.39. The molecule has 0 radical (unpaired) electrons. The second kappa shape index (κ2) is 4.44. The molecule has 1 aromatic rings. The van der Waals surface area contributed by atoms with Crippen molar-refractivity contribution >= 4 is 17.3 Å². The van der Waals surface area contributed by atoms with Gasteiger partial charge < -0.3 is 16.0 Å². The topological polar surface area (TPSA) is 58.4 Å². The van der Waals surface area contributed by atoms with Crippen molar-refractivity contribution < 1.29 is 4.79 Å². The fourth-order valence-electron chi connectivity index (χ4n) is 3.04. The molecule has 3 rings (SSSR count). The Morgan fingerprint density at radius 1 is 1.47 bits per heavy atom. The van der Waals surface area contributed by atoms with Crippen LogP contribution in [0, 0.1) is 5.41 Å². The van der Waals surface area contributed by atoms with Crippen LogP contribution in [0.15, 0.2) is 18.2 Å². The largest absolute Gasteiger partial charge is 0.385 e. The van der Waals surface area contributed by atoms with E-state index in [9.17, 15) is 4.79 Å². The summed E-state index contributed by atoms with van der Waals surface area (Å²) in [6, 6.07) is 6.56. The normalized spacial score (nSPS) is 25.8. The SMILES string of the molecule is CC1(C(N)=O)CCN(c2ccc3c(c2)CCCN3)C1. The molecule has 1 unspecified atom stereocenters. The molecule has 1 saturated heterocycles. The standard InChI is InChI=1S/C15H21N3O/c1-15(14(16)19)6-8-18(10-15)12-4-5-13-11(9-12)3-2-7-17-13/h4-5,9,17H,2-3,6-8,10H2,1H3,(H2,16,19). The van der Waals surface area contributed by atoms with Crippen LogP contribution < -0.4 is 16.0 Å². The van der Waals surface area contributed by atoms with Gasteiger partial charge in [-0.15, -0.1) is 0 Å². The summed E-state index contributed by atoms with van der Waals surface area (Å²) < 4.78 is 0. The first-order valence-corrected chi connectivity index (χ1v) is 7.00. The van der Waals surface area contributed by atoms with Crippen LogP contribution in [-0.2, 0) is 11.2 Å². The zero-order chi connectivity index (χ0) is 13.5. The number of amides is 1. The van der Waals surface area contributed by atoms with Crippen LogP contribution in [0.1, 0.15) is 25.3 Å². The Kier molecular flexibility index (Phi) is 2.88. The van der Waals surface area contributed by atoms with Crippen molar-refractivity contribution in [2.75, 3.05) is 29.9 Å². The predicted octanol–water partition coefficient (Wildman–Crippen LogP) is 1.75. The van der Waals surface area contributed by atoms with E-state index in [1.165, 1.54) is 23.4 Å². The number of primary amides is 1. The quantitative estimate of drug-likeness (QED) is 0.850. The first-order valence-electron chi connectivity index (χ1n) is 7.00. The summed E-state index contributed by atoms with van der Waals surface area (Å²) in [5, 5.41) is 3.42. The second-order valence-corrected chi connectivity index (χ2v) is 5.97. The number of hydrogen-bond donors (Lipinski definition) is 2. The van der Waals surface area contributed by atoms with E-state index in [-0.39, 0.29) is 11.3 Å². The van der Waals surface area contributed by atoms with Crippen LogP contribution in [0.4, 0.5) is 11.4 Å². The molecule has 0 saturated carbocycles. The molecule has 2 heterocycles. The zero-order valence-corrected chi connectivity index (χ0v) is 11.4. The van der Waals surface area contributed by atoms with Crippen LogP contribution in [0.25, 0.3) is 0 Å². The first kappa shape index (κ1) is 12.3. The van der Waals surface area contributed by atoms with Gasteiger partial charge in [-0.2, -0.15) is 0 Å². The van der Waals surface area contributed by atoms with Crippen molar-refractivity contribution in [2.45, 2.75) is 26.2 Å². The van der Waals surface area contributed by atoms with Crippen LogP contribution >= 0.6 is 0 Å². The average Bonchev–Trinajstić information content (AvgIpc) is 2.82. The van der Waals surface area contributed by atoms with E-state index in [1.54, 1.807) is 0 Å². The number of rotatable bonds is 2. The fraction of sp³-hybridized carbons (Fsp3) is 0.533.